The van der Waals surface area contributed by atoms with Crippen LogP contribution in [0.2, 0.25) is 0 Å². The van der Waals surface area contributed by atoms with Crippen molar-refractivity contribution < 1.29 is 13.2 Å². The van der Waals surface area contributed by atoms with Crippen molar-refractivity contribution in [3.05, 3.63) is 60.7 Å². The number of nitrogens with one attached hydrogen (secondary N) is 1. The normalized spacial score (nSPS) is 11.3. The van der Waals surface area contributed by atoms with Crippen LogP contribution in [0.1, 0.15) is 12.5 Å². The van der Waals surface area contributed by atoms with E-state index in [-0.39, 0.29) is 18.2 Å². The lowest BCUT2D eigenvalue weighted by molar-refractivity contribution is 0.341. The van der Waals surface area contributed by atoms with E-state index < -0.39 is 10.0 Å². The second-order valence-corrected chi connectivity index (χ2v) is 7.32. The molecule has 0 saturated heterocycles. The van der Waals surface area contributed by atoms with Crippen LogP contribution in [0.4, 0.5) is 5.82 Å². The molecule has 0 fully saturated rings. The second kappa shape index (κ2) is 7.96. The maximum atomic E-state index is 12.2. The molecular formula is C17H19N5O3S. The van der Waals surface area contributed by atoms with Crippen molar-refractivity contribution in [2.45, 2.75) is 13.3 Å². The first-order chi connectivity index (χ1) is 12.6. The summed E-state index contributed by atoms with van der Waals surface area (Å²) in [6.45, 7) is 2.11. The van der Waals surface area contributed by atoms with Crippen LogP contribution in [-0.4, -0.2) is 40.5 Å². The Morgan fingerprint density at radius 1 is 1.19 bits per heavy atom. The molecule has 26 heavy (non-hydrogen) atoms. The molecule has 0 spiro atoms. The first kappa shape index (κ1) is 17.9. The average Bonchev–Trinajstić information content (AvgIpc) is 3.17. The van der Waals surface area contributed by atoms with Gasteiger partial charge in [-0.15, -0.1) is 0 Å². The number of hydrogen-bond acceptors (Lipinski definition) is 6. The van der Waals surface area contributed by atoms with Gasteiger partial charge in [0, 0.05) is 18.5 Å². The molecule has 2 heterocycles. The number of benzene rings is 1. The molecule has 0 aliphatic rings. The van der Waals surface area contributed by atoms with Gasteiger partial charge in [0.15, 0.2) is 5.82 Å². The minimum absolute atomic E-state index is 0.0396. The van der Waals surface area contributed by atoms with Gasteiger partial charge < -0.3 is 4.74 Å². The first-order valence-electron chi connectivity index (χ1n) is 8.10. The van der Waals surface area contributed by atoms with Gasteiger partial charge >= 0.3 is 0 Å². The van der Waals surface area contributed by atoms with Crippen LogP contribution in [0.25, 0.3) is 5.82 Å². The van der Waals surface area contributed by atoms with Crippen LogP contribution in [0, 0.1) is 0 Å². The van der Waals surface area contributed by atoms with E-state index in [1.807, 2.05) is 24.3 Å². The molecule has 0 radical (unpaired) electrons. The van der Waals surface area contributed by atoms with Crippen molar-refractivity contribution in [1.29, 1.82) is 0 Å². The van der Waals surface area contributed by atoms with E-state index >= 15 is 0 Å². The molecule has 3 rings (SSSR count). The van der Waals surface area contributed by atoms with E-state index in [1.165, 1.54) is 22.6 Å². The van der Waals surface area contributed by atoms with E-state index in [0.717, 1.165) is 6.42 Å². The summed E-state index contributed by atoms with van der Waals surface area (Å²) < 4.78 is 33.9. The summed E-state index contributed by atoms with van der Waals surface area (Å²) in [5.41, 5.74) is 1.20. The summed E-state index contributed by atoms with van der Waals surface area (Å²) in [6, 6.07) is 10.8. The summed E-state index contributed by atoms with van der Waals surface area (Å²) >= 11 is 0. The molecule has 0 atom stereocenters. The minimum atomic E-state index is -3.60. The van der Waals surface area contributed by atoms with Gasteiger partial charge in [-0.25, -0.2) is 23.1 Å². The lowest BCUT2D eigenvalue weighted by Gasteiger charge is -2.10. The molecule has 2 aromatic heterocycles. The lowest BCUT2D eigenvalue weighted by Crippen LogP contribution is -2.22. The molecule has 1 N–H and O–H groups in total. The fourth-order valence-corrected chi connectivity index (χ4v) is 3.07. The van der Waals surface area contributed by atoms with Gasteiger partial charge in [0.25, 0.3) is 0 Å². The summed E-state index contributed by atoms with van der Waals surface area (Å²) in [7, 11) is -3.60. The van der Waals surface area contributed by atoms with E-state index in [1.54, 1.807) is 18.5 Å². The van der Waals surface area contributed by atoms with Gasteiger partial charge in [0.05, 0.1) is 0 Å². The molecule has 1 aromatic carbocycles. The fraction of sp³-hybridized carbons (Fsp3) is 0.235. The SMILES string of the molecule is CCc1ccc(OCCS(=O)(=O)Nc2cc(-n3cccn3)ncn2)cc1. The van der Waals surface area contributed by atoms with Crippen molar-refractivity contribution in [2.75, 3.05) is 17.1 Å². The predicted octanol–water partition coefficient (Wildman–Crippen LogP) is 2.05. The Labute approximate surface area is 151 Å². The molecule has 9 heteroatoms. The average molecular weight is 373 g/mol. The van der Waals surface area contributed by atoms with Gasteiger partial charge in [-0.1, -0.05) is 19.1 Å². The lowest BCUT2D eigenvalue weighted by atomic mass is 10.2. The number of nitrogens with zero attached hydrogens (tertiary/aromatic N) is 4. The number of rotatable bonds is 8. The van der Waals surface area contributed by atoms with Crippen LogP contribution < -0.4 is 9.46 Å². The highest BCUT2D eigenvalue weighted by Crippen LogP contribution is 2.13. The third-order valence-corrected chi connectivity index (χ3v) is 4.83. The van der Waals surface area contributed by atoms with Crippen molar-refractivity contribution in [3.8, 4) is 11.6 Å². The van der Waals surface area contributed by atoms with Gasteiger partial charge in [-0.3, -0.25) is 4.72 Å². The Hall–Kier alpha value is -2.94. The molecule has 136 valence electrons. The van der Waals surface area contributed by atoms with Gasteiger partial charge in [0.1, 0.15) is 30.3 Å². The maximum Gasteiger partial charge on any atom is 0.237 e. The Kier molecular flexibility index (Phi) is 5.47. The van der Waals surface area contributed by atoms with Crippen molar-refractivity contribution in [1.82, 2.24) is 19.7 Å². The van der Waals surface area contributed by atoms with Crippen molar-refractivity contribution in [3.63, 3.8) is 0 Å². The predicted molar refractivity (Wildman–Crippen MR) is 97.9 cm³/mol. The topological polar surface area (TPSA) is 99.0 Å². The fourth-order valence-electron chi connectivity index (χ4n) is 2.23. The van der Waals surface area contributed by atoms with Crippen LogP contribution in [0.5, 0.6) is 5.75 Å². The monoisotopic (exact) mass is 373 g/mol. The molecule has 8 nitrogen and oxygen atoms in total. The zero-order chi connectivity index (χ0) is 18.4. The Bertz CT molecular complexity index is 941. The van der Waals surface area contributed by atoms with E-state index in [0.29, 0.717) is 11.6 Å². The van der Waals surface area contributed by atoms with Crippen LogP contribution in [-0.2, 0) is 16.4 Å². The van der Waals surface area contributed by atoms with Crippen molar-refractivity contribution in [2.24, 2.45) is 0 Å². The molecule has 0 bridgehead atoms. The number of hydrogen-bond donors (Lipinski definition) is 1. The van der Waals surface area contributed by atoms with E-state index in [9.17, 15) is 8.42 Å². The summed E-state index contributed by atoms with van der Waals surface area (Å²) in [5, 5.41) is 4.05. The molecule has 0 aliphatic carbocycles. The zero-order valence-corrected chi connectivity index (χ0v) is 15.1. The highest BCUT2D eigenvalue weighted by Gasteiger charge is 2.13. The van der Waals surface area contributed by atoms with E-state index in [4.69, 9.17) is 4.74 Å². The maximum absolute atomic E-state index is 12.2. The molecule has 0 unspecified atom stereocenters. The molecular weight excluding hydrogens is 354 g/mol. The van der Waals surface area contributed by atoms with Crippen LogP contribution in [0.3, 0.4) is 0 Å². The quantitative estimate of drug-likeness (QED) is 0.649. The number of sulfonamides is 1. The number of ether oxygens (including phenoxy) is 1. The second-order valence-electron chi connectivity index (χ2n) is 5.48. The van der Waals surface area contributed by atoms with Gasteiger partial charge in [0.2, 0.25) is 10.0 Å². The summed E-state index contributed by atoms with van der Waals surface area (Å²) in [6.07, 6.45) is 5.54. The molecule has 0 aliphatic heterocycles. The molecule has 3 aromatic rings. The van der Waals surface area contributed by atoms with Crippen molar-refractivity contribution >= 4 is 15.8 Å². The zero-order valence-electron chi connectivity index (χ0n) is 14.2. The smallest absolute Gasteiger partial charge is 0.237 e. The molecule has 0 saturated carbocycles. The highest BCUT2D eigenvalue weighted by molar-refractivity contribution is 7.92. The Morgan fingerprint density at radius 2 is 2.00 bits per heavy atom. The van der Waals surface area contributed by atoms with Crippen LogP contribution >= 0.6 is 0 Å². The number of anilines is 1. The largest absolute Gasteiger partial charge is 0.492 e. The molecule has 0 amide bonds. The van der Waals surface area contributed by atoms with Gasteiger partial charge in [-0.2, -0.15) is 5.10 Å². The van der Waals surface area contributed by atoms with Gasteiger partial charge in [-0.05, 0) is 30.2 Å². The standard InChI is InChI=1S/C17H19N5O3S/c1-2-14-4-6-15(7-5-14)25-10-11-26(23,24)21-16-12-17(19-13-18-16)22-9-3-8-20-22/h3-9,12-13H,2,10-11H2,1H3,(H,18,19,21). The minimum Gasteiger partial charge on any atom is -0.492 e. The van der Waals surface area contributed by atoms with E-state index in [2.05, 4.69) is 26.7 Å². The highest BCUT2D eigenvalue weighted by atomic mass is 32.2. The summed E-state index contributed by atoms with van der Waals surface area (Å²) in [5.74, 6) is 1.09. The van der Waals surface area contributed by atoms with Crippen LogP contribution in [0.15, 0.2) is 55.1 Å². The summed E-state index contributed by atoms with van der Waals surface area (Å²) in [4.78, 5) is 7.99. The number of aromatic nitrogens is 4. The third kappa shape index (κ3) is 4.79. The Balaban J connectivity index is 1.57. The number of aryl methyl sites for hydroxylation is 1. The third-order valence-electron chi connectivity index (χ3n) is 3.60. The Morgan fingerprint density at radius 3 is 2.69 bits per heavy atom. The first-order valence-corrected chi connectivity index (χ1v) is 9.75.